The van der Waals surface area contributed by atoms with Crippen molar-refractivity contribution in [2.75, 3.05) is 24.5 Å². The van der Waals surface area contributed by atoms with Crippen molar-refractivity contribution in [1.29, 1.82) is 0 Å². The van der Waals surface area contributed by atoms with Gasteiger partial charge in [-0.2, -0.15) is 0 Å². The molecule has 1 heterocycles. The quantitative estimate of drug-likeness (QED) is 0.815. The molecular formula is C19H28N2O. The summed E-state index contributed by atoms with van der Waals surface area (Å²) in [6, 6.07) is 9.04. The molecular weight excluding hydrogens is 272 g/mol. The van der Waals surface area contributed by atoms with Crippen molar-refractivity contribution in [2.45, 2.75) is 51.4 Å². The Morgan fingerprint density at radius 3 is 2.36 bits per heavy atom. The van der Waals surface area contributed by atoms with Gasteiger partial charge in [-0.1, -0.05) is 25.0 Å². The highest BCUT2D eigenvalue weighted by Gasteiger charge is 2.28. The Bertz CT molecular complexity index is 471. The van der Waals surface area contributed by atoms with E-state index in [0.29, 0.717) is 5.92 Å². The molecule has 2 aliphatic rings. The maximum absolute atomic E-state index is 11.5. The maximum Gasteiger partial charge on any atom is 0.223 e. The molecule has 1 aromatic carbocycles. The predicted octanol–water partition coefficient (Wildman–Crippen LogP) is 3.53. The molecule has 3 nitrogen and oxygen atoms in total. The maximum atomic E-state index is 11.5. The third kappa shape index (κ3) is 4.49. The minimum atomic E-state index is 0.261. The summed E-state index contributed by atoms with van der Waals surface area (Å²) in [6.07, 6.45) is 9.65. The summed E-state index contributed by atoms with van der Waals surface area (Å²) in [6.45, 7) is 3.21. The van der Waals surface area contributed by atoms with Crippen LogP contribution in [0.15, 0.2) is 24.3 Å². The van der Waals surface area contributed by atoms with Gasteiger partial charge in [-0.25, -0.2) is 0 Å². The summed E-state index contributed by atoms with van der Waals surface area (Å²) >= 11 is 0. The van der Waals surface area contributed by atoms with Crippen LogP contribution in [-0.4, -0.2) is 25.5 Å². The lowest BCUT2D eigenvalue weighted by Crippen LogP contribution is -2.26. The average Bonchev–Trinajstić information content (AvgIpc) is 3.38. The van der Waals surface area contributed by atoms with Crippen LogP contribution in [0.4, 0.5) is 5.69 Å². The summed E-state index contributed by atoms with van der Waals surface area (Å²) in [5.41, 5.74) is 2.74. The van der Waals surface area contributed by atoms with Crippen LogP contribution >= 0.6 is 0 Å². The number of hydrogen-bond donors (Lipinski definition) is 1. The Balaban J connectivity index is 1.41. The smallest absolute Gasteiger partial charge is 0.223 e. The van der Waals surface area contributed by atoms with E-state index >= 15 is 0 Å². The van der Waals surface area contributed by atoms with Crippen molar-refractivity contribution in [3.8, 4) is 0 Å². The number of carbonyl (C=O) groups excluding carboxylic acids is 1. The Hall–Kier alpha value is -1.51. The average molecular weight is 300 g/mol. The summed E-state index contributed by atoms with van der Waals surface area (Å²) < 4.78 is 0. The topological polar surface area (TPSA) is 32.3 Å². The van der Waals surface area contributed by atoms with Crippen LogP contribution in [0.1, 0.15) is 50.5 Å². The second-order valence-corrected chi connectivity index (χ2v) is 6.74. The van der Waals surface area contributed by atoms with Gasteiger partial charge in [-0.15, -0.1) is 0 Å². The molecule has 1 aliphatic carbocycles. The zero-order valence-electron chi connectivity index (χ0n) is 13.5. The molecule has 0 spiro atoms. The van der Waals surface area contributed by atoms with Gasteiger partial charge >= 0.3 is 0 Å². The van der Waals surface area contributed by atoms with Crippen molar-refractivity contribution < 1.29 is 4.79 Å². The normalized spacial score (nSPS) is 18.8. The van der Waals surface area contributed by atoms with Crippen LogP contribution in [0.25, 0.3) is 0 Å². The number of amides is 1. The molecule has 120 valence electrons. The molecule has 1 aliphatic heterocycles. The lowest BCUT2D eigenvalue weighted by molar-refractivity contribution is -0.122. The fraction of sp³-hybridized carbons (Fsp3) is 0.632. The first-order chi connectivity index (χ1) is 10.8. The number of rotatable bonds is 6. The van der Waals surface area contributed by atoms with E-state index in [4.69, 9.17) is 0 Å². The third-order valence-corrected chi connectivity index (χ3v) is 4.80. The number of anilines is 1. The van der Waals surface area contributed by atoms with E-state index in [9.17, 15) is 4.79 Å². The molecule has 1 saturated heterocycles. The van der Waals surface area contributed by atoms with Gasteiger partial charge in [-0.05, 0) is 56.2 Å². The van der Waals surface area contributed by atoms with Crippen molar-refractivity contribution in [1.82, 2.24) is 5.32 Å². The molecule has 0 atom stereocenters. The van der Waals surface area contributed by atoms with Crippen LogP contribution in [0.3, 0.4) is 0 Å². The van der Waals surface area contributed by atoms with Crippen molar-refractivity contribution in [3.05, 3.63) is 29.8 Å². The molecule has 1 amide bonds. The second-order valence-electron chi connectivity index (χ2n) is 6.74. The molecule has 0 bridgehead atoms. The number of nitrogens with one attached hydrogen (secondary N) is 1. The molecule has 1 aromatic rings. The molecule has 0 radical (unpaired) electrons. The molecule has 2 fully saturated rings. The molecule has 3 rings (SSSR count). The minimum absolute atomic E-state index is 0.261. The van der Waals surface area contributed by atoms with Crippen molar-refractivity contribution >= 4 is 11.6 Å². The van der Waals surface area contributed by atoms with Gasteiger partial charge in [0.1, 0.15) is 0 Å². The van der Waals surface area contributed by atoms with Crippen LogP contribution in [0.2, 0.25) is 0 Å². The van der Waals surface area contributed by atoms with Gasteiger partial charge < -0.3 is 10.2 Å². The molecule has 0 unspecified atom stereocenters. The van der Waals surface area contributed by atoms with E-state index in [1.54, 1.807) is 0 Å². The fourth-order valence-corrected chi connectivity index (χ4v) is 3.20. The van der Waals surface area contributed by atoms with Gasteiger partial charge in [0.2, 0.25) is 5.91 Å². The minimum Gasteiger partial charge on any atom is -0.372 e. The zero-order chi connectivity index (χ0) is 15.2. The third-order valence-electron chi connectivity index (χ3n) is 4.80. The van der Waals surface area contributed by atoms with Gasteiger partial charge in [0.15, 0.2) is 0 Å². The largest absolute Gasteiger partial charge is 0.372 e. The molecule has 0 aromatic heterocycles. The highest BCUT2D eigenvalue weighted by atomic mass is 16.2. The summed E-state index contributed by atoms with van der Waals surface area (Å²) in [4.78, 5) is 14.1. The highest BCUT2D eigenvalue weighted by molar-refractivity contribution is 5.80. The molecule has 1 saturated carbocycles. The predicted molar refractivity (Wildman–Crippen MR) is 91.2 cm³/mol. The first-order valence-electron chi connectivity index (χ1n) is 8.94. The van der Waals surface area contributed by atoms with E-state index in [0.717, 1.165) is 32.2 Å². The zero-order valence-corrected chi connectivity index (χ0v) is 13.5. The molecule has 3 heteroatoms. The highest BCUT2D eigenvalue weighted by Crippen LogP contribution is 2.28. The number of aryl methyl sites for hydroxylation is 1. The first kappa shape index (κ1) is 15.4. The lowest BCUT2D eigenvalue weighted by Gasteiger charge is -2.22. The van der Waals surface area contributed by atoms with Gasteiger partial charge in [0, 0.05) is 31.2 Å². The summed E-state index contributed by atoms with van der Waals surface area (Å²) in [7, 11) is 0. The first-order valence-corrected chi connectivity index (χ1v) is 8.94. The van der Waals surface area contributed by atoms with Gasteiger partial charge in [0.05, 0.1) is 0 Å². The second kappa shape index (κ2) is 7.66. The Morgan fingerprint density at radius 2 is 1.73 bits per heavy atom. The van der Waals surface area contributed by atoms with E-state index in [1.807, 2.05) is 0 Å². The summed E-state index contributed by atoms with van der Waals surface area (Å²) in [5, 5.41) is 3.04. The van der Waals surface area contributed by atoms with E-state index < -0.39 is 0 Å². The number of benzene rings is 1. The van der Waals surface area contributed by atoms with Crippen LogP contribution in [0, 0.1) is 5.92 Å². The van der Waals surface area contributed by atoms with Crippen LogP contribution in [0.5, 0.6) is 0 Å². The molecule has 1 N–H and O–H groups in total. The van der Waals surface area contributed by atoms with E-state index in [1.165, 1.54) is 50.0 Å². The Kier molecular flexibility index (Phi) is 5.36. The van der Waals surface area contributed by atoms with Crippen LogP contribution in [-0.2, 0) is 11.2 Å². The standard InChI is InChI=1S/C19H28N2O/c22-19(17-9-10-17)20-13-5-6-16-7-11-18(12-8-16)21-14-3-1-2-4-15-21/h7-8,11-12,17H,1-6,9-10,13-15H2,(H,20,22). The van der Waals surface area contributed by atoms with E-state index in [-0.39, 0.29) is 5.91 Å². The Morgan fingerprint density at radius 1 is 1.05 bits per heavy atom. The summed E-state index contributed by atoms with van der Waals surface area (Å²) in [5.74, 6) is 0.587. The van der Waals surface area contributed by atoms with Gasteiger partial charge in [-0.3, -0.25) is 4.79 Å². The van der Waals surface area contributed by atoms with E-state index in [2.05, 4.69) is 34.5 Å². The van der Waals surface area contributed by atoms with Crippen LogP contribution < -0.4 is 10.2 Å². The molecule has 22 heavy (non-hydrogen) atoms. The number of nitrogens with zero attached hydrogens (tertiary/aromatic N) is 1. The number of hydrogen-bond acceptors (Lipinski definition) is 2. The lowest BCUT2D eigenvalue weighted by atomic mass is 10.1. The van der Waals surface area contributed by atoms with Crippen molar-refractivity contribution in [2.24, 2.45) is 5.92 Å². The monoisotopic (exact) mass is 300 g/mol. The SMILES string of the molecule is O=C(NCCCc1ccc(N2CCCCCC2)cc1)C1CC1. The van der Waals surface area contributed by atoms with Gasteiger partial charge in [0.25, 0.3) is 0 Å². The fourth-order valence-electron chi connectivity index (χ4n) is 3.20. The van der Waals surface area contributed by atoms with Crippen molar-refractivity contribution in [3.63, 3.8) is 0 Å². The Labute approximate surface area is 134 Å². The number of carbonyl (C=O) groups is 1.